The van der Waals surface area contributed by atoms with Crippen LogP contribution in [0.3, 0.4) is 0 Å². The molecule has 5 nitrogen and oxygen atoms in total. The largest absolute Gasteiger partial charge is 0.465 e. The third-order valence-electron chi connectivity index (χ3n) is 1.22. The molecule has 0 radical (unpaired) electrons. The van der Waals surface area contributed by atoms with Crippen LogP contribution in [-0.2, 0) is 4.79 Å². The van der Waals surface area contributed by atoms with Crippen LogP contribution in [0.15, 0.2) is 0 Å². The second kappa shape index (κ2) is 4.86. The Bertz CT molecular complexity index is 267. The van der Waals surface area contributed by atoms with Gasteiger partial charge in [-0.05, 0) is 29.5 Å². The van der Waals surface area contributed by atoms with Crippen LogP contribution in [0.2, 0.25) is 0 Å². The molecule has 0 saturated heterocycles. The summed E-state index contributed by atoms with van der Waals surface area (Å²) in [4.78, 5) is 21.3. The first kappa shape index (κ1) is 14.3. The molecule has 0 bridgehead atoms. The fraction of sp³-hybridized carbons (Fsp3) is 0.667. The summed E-state index contributed by atoms with van der Waals surface area (Å²) in [5.41, 5.74) is 0. The fourth-order valence-electron chi connectivity index (χ4n) is 0.604. The van der Waals surface area contributed by atoms with Crippen molar-refractivity contribution in [1.82, 2.24) is 10.6 Å². The lowest BCUT2D eigenvalue weighted by atomic mass is 10.3. The van der Waals surface area contributed by atoms with Gasteiger partial charge in [0, 0.05) is 0 Å². The van der Waals surface area contributed by atoms with Crippen molar-refractivity contribution in [2.45, 2.75) is 16.6 Å². The standard InChI is InChI=1S/C6H8F3IN2O3/c1-5(10,12-4(14)15)3(13)11-2-6(7,8)9/h12H,2H2,1H3,(H,11,13)(H,14,15). The molecule has 3 N–H and O–H groups in total. The van der Waals surface area contributed by atoms with Gasteiger partial charge < -0.3 is 10.4 Å². The first-order valence-corrected chi connectivity index (χ1v) is 4.67. The number of rotatable bonds is 3. The SMILES string of the molecule is CC(I)(NC(=O)O)C(=O)NCC(F)(F)F. The minimum absolute atomic E-state index is 1.05. The quantitative estimate of drug-likeness (QED) is 0.409. The zero-order valence-electron chi connectivity index (χ0n) is 7.48. The highest BCUT2D eigenvalue weighted by Gasteiger charge is 2.35. The van der Waals surface area contributed by atoms with E-state index in [-0.39, 0.29) is 0 Å². The molecular formula is C6H8F3IN2O3. The van der Waals surface area contributed by atoms with Crippen LogP contribution >= 0.6 is 22.6 Å². The summed E-state index contributed by atoms with van der Waals surface area (Å²) in [7, 11) is 0. The molecule has 0 aromatic carbocycles. The third kappa shape index (κ3) is 6.36. The van der Waals surface area contributed by atoms with Crippen LogP contribution in [-0.4, -0.2) is 33.4 Å². The molecule has 2 amide bonds. The Hall–Kier alpha value is -0.740. The zero-order chi connectivity index (χ0) is 12.3. The highest BCUT2D eigenvalue weighted by atomic mass is 127. The predicted molar refractivity (Wildman–Crippen MR) is 52.7 cm³/mol. The van der Waals surface area contributed by atoms with Crippen LogP contribution in [0.4, 0.5) is 18.0 Å². The van der Waals surface area contributed by atoms with Crippen molar-refractivity contribution >= 4 is 34.6 Å². The van der Waals surface area contributed by atoms with E-state index in [4.69, 9.17) is 5.11 Å². The Morgan fingerprint density at radius 3 is 2.20 bits per heavy atom. The van der Waals surface area contributed by atoms with Crippen molar-refractivity contribution in [3.05, 3.63) is 0 Å². The summed E-state index contributed by atoms with van der Waals surface area (Å²) < 4.78 is 33.5. The molecule has 1 atom stereocenters. The molecule has 1 unspecified atom stereocenters. The zero-order valence-corrected chi connectivity index (χ0v) is 9.64. The third-order valence-corrected chi connectivity index (χ3v) is 1.98. The van der Waals surface area contributed by atoms with E-state index < -0.39 is 28.3 Å². The van der Waals surface area contributed by atoms with Crippen LogP contribution in [0, 0.1) is 0 Å². The highest BCUT2D eigenvalue weighted by Crippen LogP contribution is 2.16. The molecule has 0 aromatic rings. The molecule has 0 rings (SSSR count). The van der Waals surface area contributed by atoms with E-state index in [2.05, 4.69) is 0 Å². The Labute approximate surface area is 96.5 Å². The number of hydrogen-bond donors (Lipinski definition) is 3. The van der Waals surface area contributed by atoms with E-state index in [9.17, 15) is 22.8 Å². The number of halogens is 4. The van der Waals surface area contributed by atoms with Gasteiger partial charge in [-0.25, -0.2) is 4.79 Å². The Balaban J connectivity index is 4.26. The molecule has 0 aliphatic heterocycles. The first-order chi connectivity index (χ1) is 6.54. The van der Waals surface area contributed by atoms with Gasteiger partial charge in [-0.3, -0.25) is 10.1 Å². The van der Waals surface area contributed by atoms with E-state index in [1.54, 1.807) is 10.6 Å². The molecular weight excluding hydrogens is 332 g/mol. The molecule has 0 heterocycles. The van der Waals surface area contributed by atoms with Gasteiger partial charge in [0.2, 0.25) is 0 Å². The van der Waals surface area contributed by atoms with E-state index >= 15 is 0 Å². The van der Waals surface area contributed by atoms with Crippen LogP contribution in [0.1, 0.15) is 6.92 Å². The Morgan fingerprint density at radius 1 is 1.40 bits per heavy atom. The number of hydrogen-bond acceptors (Lipinski definition) is 2. The van der Waals surface area contributed by atoms with E-state index in [1.807, 2.05) is 0 Å². The summed E-state index contributed by atoms with van der Waals surface area (Å²) in [5, 5.41) is 11.7. The monoisotopic (exact) mass is 340 g/mol. The lowest BCUT2D eigenvalue weighted by molar-refractivity contribution is -0.139. The minimum Gasteiger partial charge on any atom is -0.465 e. The molecule has 15 heavy (non-hydrogen) atoms. The lowest BCUT2D eigenvalue weighted by Gasteiger charge is -2.21. The van der Waals surface area contributed by atoms with E-state index in [0.29, 0.717) is 0 Å². The first-order valence-electron chi connectivity index (χ1n) is 3.59. The molecule has 0 saturated carbocycles. The Morgan fingerprint density at radius 2 is 1.87 bits per heavy atom. The molecule has 0 aromatic heterocycles. The van der Waals surface area contributed by atoms with Crippen LogP contribution in [0.25, 0.3) is 0 Å². The maximum absolute atomic E-state index is 11.7. The molecule has 0 spiro atoms. The maximum atomic E-state index is 11.7. The van der Waals surface area contributed by atoms with Crippen LogP contribution < -0.4 is 10.6 Å². The fourth-order valence-corrected chi connectivity index (χ4v) is 1.03. The molecule has 88 valence electrons. The number of carbonyl (C=O) groups is 2. The van der Waals surface area contributed by atoms with Crippen molar-refractivity contribution in [3.8, 4) is 0 Å². The van der Waals surface area contributed by atoms with Crippen molar-refractivity contribution in [3.63, 3.8) is 0 Å². The summed E-state index contributed by atoms with van der Waals surface area (Å²) in [6.45, 7) is -0.348. The van der Waals surface area contributed by atoms with Crippen molar-refractivity contribution in [2.24, 2.45) is 0 Å². The van der Waals surface area contributed by atoms with Gasteiger partial charge in [0.1, 0.15) is 6.54 Å². The van der Waals surface area contributed by atoms with Crippen LogP contribution in [0.5, 0.6) is 0 Å². The molecule has 0 fully saturated rings. The average Bonchev–Trinajstić information content (AvgIpc) is 1.95. The van der Waals surface area contributed by atoms with E-state index in [0.717, 1.165) is 6.92 Å². The van der Waals surface area contributed by atoms with Crippen molar-refractivity contribution in [2.75, 3.05) is 6.54 Å². The van der Waals surface area contributed by atoms with E-state index in [1.165, 1.54) is 22.6 Å². The van der Waals surface area contributed by atoms with Gasteiger partial charge in [-0.15, -0.1) is 0 Å². The molecule has 0 aliphatic rings. The minimum atomic E-state index is -4.52. The van der Waals surface area contributed by atoms with Gasteiger partial charge in [0.05, 0.1) is 0 Å². The lowest BCUT2D eigenvalue weighted by Crippen LogP contribution is -2.53. The summed E-state index contributed by atoms with van der Waals surface area (Å²) in [6, 6.07) is 0. The van der Waals surface area contributed by atoms with Gasteiger partial charge in [0.15, 0.2) is 3.55 Å². The summed E-state index contributed by atoms with van der Waals surface area (Å²) in [5.74, 6) is -1.05. The van der Waals surface area contributed by atoms with Crippen molar-refractivity contribution in [1.29, 1.82) is 0 Å². The predicted octanol–water partition coefficient (Wildman–Crippen LogP) is 1.08. The van der Waals surface area contributed by atoms with Gasteiger partial charge >= 0.3 is 12.3 Å². The average molecular weight is 340 g/mol. The maximum Gasteiger partial charge on any atom is 0.406 e. The van der Waals surface area contributed by atoms with Gasteiger partial charge in [-0.2, -0.15) is 13.2 Å². The summed E-state index contributed by atoms with van der Waals surface area (Å²) in [6.07, 6.45) is -6.01. The van der Waals surface area contributed by atoms with Gasteiger partial charge in [-0.1, -0.05) is 0 Å². The summed E-state index contributed by atoms with van der Waals surface area (Å²) >= 11 is 1.40. The number of carbonyl (C=O) groups excluding carboxylic acids is 1. The number of alkyl halides is 4. The topological polar surface area (TPSA) is 78.4 Å². The van der Waals surface area contributed by atoms with Gasteiger partial charge in [0.25, 0.3) is 5.91 Å². The number of carboxylic acid groups (broad SMARTS) is 1. The van der Waals surface area contributed by atoms with Crippen molar-refractivity contribution < 1.29 is 27.9 Å². The smallest absolute Gasteiger partial charge is 0.406 e. The number of nitrogens with one attached hydrogen (secondary N) is 2. The second-order valence-corrected chi connectivity index (χ2v) is 4.89. The molecule has 9 heteroatoms. The number of amides is 2. The Kier molecular flexibility index (Phi) is 4.62. The highest BCUT2D eigenvalue weighted by molar-refractivity contribution is 14.1. The molecule has 0 aliphatic carbocycles. The second-order valence-electron chi connectivity index (χ2n) is 2.73. The normalized spacial score (nSPS) is 15.3.